The van der Waals surface area contributed by atoms with Crippen LogP contribution in [-0.4, -0.2) is 32.2 Å². The molecule has 2 rings (SSSR count). The lowest BCUT2D eigenvalue weighted by molar-refractivity contribution is 0.530. The first-order valence-electron chi connectivity index (χ1n) is 6.39. The molecule has 0 radical (unpaired) electrons. The van der Waals surface area contributed by atoms with Gasteiger partial charge in [-0.1, -0.05) is 12.1 Å². The van der Waals surface area contributed by atoms with Gasteiger partial charge in [-0.25, -0.2) is 4.98 Å². The van der Waals surface area contributed by atoms with Crippen LogP contribution in [0.2, 0.25) is 0 Å². The first-order valence-corrected chi connectivity index (χ1v) is 8.12. The van der Waals surface area contributed by atoms with E-state index in [0.717, 1.165) is 28.9 Å². The van der Waals surface area contributed by atoms with Crippen LogP contribution in [0.25, 0.3) is 11.0 Å². The Kier molecular flexibility index (Phi) is 4.99. The predicted octanol–water partition coefficient (Wildman–Crippen LogP) is 1.88. The summed E-state index contributed by atoms with van der Waals surface area (Å²) in [6.07, 6.45) is 4.45. The van der Waals surface area contributed by atoms with Crippen LogP contribution in [0.3, 0.4) is 0 Å². The van der Waals surface area contributed by atoms with Gasteiger partial charge in [0.05, 0.1) is 22.9 Å². The average molecular weight is 277 g/mol. The number of para-hydroxylation sites is 2. The summed E-state index contributed by atoms with van der Waals surface area (Å²) in [4.78, 5) is 8.94. The Morgan fingerprint density at radius 2 is 2.05 bits per heavy atom. The number of nitrogens with zero attached hydrogens (tertiary/aromatic N) is 2. The molecule has 5 heteroatoms. The molecule has 19 heavy (non-hydrogen) atoms. The Morgan fingerprint density at radius 1 is 1.32 bits per heavy atom. The molecule has 0 aliphatic heterocycles. The Morgan fingerprint density at radius 3 is 2.79 bits per heavy atom. The Balaban J connectivity index is 1.92. The van der Waals surface area contributed by atoms with Gasteiger partial charge in [-0.05, 0) is 25.5 Å². The third-order valence-electron chi connectivity index (χ3n) is 2.97. The number of nitrogens with one attached hydrogen (secondary N) is 1. The highest BCUT2D eigenvalue weighted by molar-refractivity contribution is 7.84. The van der Waals surface area contributed by atoms with Crippen LogP contribution in [0.15, 0.2) is 30.5 Å². The van der Waals surface area contributed by atoms with Crippen molar-refractivity contribution in [3.05, 3.63) is 36.2 Å². The van der Waals surface area contributed by atoms with Crippen LogP contribution in [0.5, 0.6) is 0 Å². The van der Waals surface area contributed by atoms with Gasteiger partial charge in [0.2, 0.25) is 0 Å². The van der Waals surface area contributed by atoms with Crippen LogP contribution >= 0.6 is 0 Å². The molecule has 1 N–H and O–H groups in total. The van der Waals surface area contributed by atoms with E-state index in [0.29, 0.717) is 12.6 Å². The molecule has 2 aromatic rings. The first-order chi connectivity index (χ1) is 9.15. The quantitative estimate of drug-likeness (QED) is 0.876. The maximum absolute atomic E-state index is 11.0. The molecule has 0 bridgehead atoms. The fourth-order valence-electron chi connectivity index (χ4n) is 1.80. The summed E-state index contributed by atoms with van der Waals surface area (Å²) in [5.74, 6) is 0.734. The Bertz CT molecular complexity index is 573. The van der Waals surface area contributed by atoms with E-state index in [9.17, 15) is 4.21 Å². The van der Waals surface area contributed by atoms with E-state index in [-0.39, 0.29) is 0 Å². The fourth-order valence-corrected chi connectivity index (χ4v) is 2.49. The minimum atomic E-state index is -0.721. The van der Waals surface area contributed by atoms with Gasteiger partial charge in [0.25, 0.3) is 0 Å². The van der Waals surface area contributed by atoms with Crippen molar-refractivity contribution in [1.29, 1.82) is 0 Å². The van der Waals surface area contributed by atoms with Crippen molar-refractivity contribution in [1.82, 2.24) is 15.3 Å². The Hall–Kier alpha value is -1.33. The molecule has 2 atom stereocenters. The second kappa shape index (κ2) is 6.73. The molecular formula is C14H19N3OS. The third-order valence-corrected chi connectivity index (χ3v) is 3.78. The smallest absolute Gasteiger partial charge is 0.0890 e. The summed E-state index contributed by atoms with van der Waals surface area (Å²) < 4.78 is 11.0. The van der Waals surface area contributed by atoms with E-state index in [4.69, 9.17) is 0 Å². The van der Waals surface area contributed by atoms with E-state index >= 15 is 0 Å². The molecule has 102 valence electrons. The van der Waals surface area contributed by atoms with Crippen molar-refractivity contribution in [3.8, 4) is 0 Å². The molecule has 0 spiro atoms. The number of aromatic nitrogens is 2. The van der Waals surface area contributed by atoms with Crippen LogP contribution in [-0.2, 0) is 17.3 Å². The van der Waals surface area contributed by atoms with E-state index in [1.807, 2.05) is 24.3 Å². The molecular weight excluding hydrogens is 258 g/mol. The van der Waals surface area contributed by atoms with Gasteiger partial charge >= 0.3 is 0 Å². The SMILES string of the molecule is CC(CCS(C)=O)NCc1cnc2ccccc2n1. The summed E-state index contributed by atoms with van der Waals surface area (Å²) in [5.41, 5.74) is 2.77. The minimum Gasteiger partial charge on any atom is -0.309 e. The van der Waals surface area contributed by atoms with E-state index < -0.39 is 10.8 Å². The number of benzene rings is 1. The van der Waals surface area contributed by atoms with Gasteiger partial charge in [-0.3, -0.25) is 9.19 Å². The molecule has 0 fully saturated rings. The minimum absolute atomic E-state index is 0.331. The van der Waals surface area contributed by atoms with Crippen molar-refractivity contribution in [3.63, 3.8) is 0 Å². The second-order valence-electron chi connectivity index (χ2n) is 4.70. The molecule has 0 saturated carbocycles. The molecule has 0 aliphatic carbocycles. The summed E-state index contributed by atoms with van der Waals surface area (Å²) >= 11 is 0. The first kappa shape index (κ1) is 14.1. The van der Waals surface area contributed by atoms with Gasteiger partial charge < -0.3 is 5.32 Å². The molecule has 0 amide bonds. The second-order valence-corrected chi connectivity index (χ2v) is 6.25. The third kappa shape index (κ3) is 4.36. The molecule has 0 saturated heterocycles. The van der Waals surface area contributed by atoms with Crippen LogP contribution < -0.4 is 5.32 Å². The van der Waals surface area contributed by atoms with Crippen LogP contribution in [0.1, 0.15) is 19.0 Å². The number of hydrogen-bond acceptors (Lipinski definition) is 4. The van der Waals surface area contributed by atoms with Gasteiger partial charge in [0, 0.05) is 35.4 Å². The lowest BCUT2D eigenvalue weighted by Gasteiger charge is -2.12. The summed E-state index contributed by atoms with van der Waals surface area (Å²) in [5, 5.41) is 3.38. The largest absolute Gasteiger partial charge is 0.309 e. The van der Waals surface area contributed by atoms with E-state index in [2.05, 4.69) is 22.2 Å². The monoisotopic (exact) mass is 277 g/mol. The summed E-state index contributed by atoms with van der Waals surface area (Å²) in [7, 11) is -0.721. The summed E-state index contributed by atoms with van der Waals surface area (Å²) in [6.45, 7) is 2.79. The van der Waals surface area contributed by atoms with E-state index in [1.54, 1.807) is 12.5 Å². The van der Waals surface area contributed by atoms with Crippen molar-refractivity contribution in [2.45, 2.75) is 25.9 Å². The molecule has 1 aromatic heterocycles. The molecule has 2 unspecified atom stereocenters. The molecule has 1 aromatic carbocycles. The zero-order chi connectivity index (χ0) is 13.7. The number of fused-ring (bicyclic) bond motifs is 1. The van der Waals surface area contributed by atoms with Crippen molar-refractivity contribution in [2.24, 2.45) is 0 Å². The normalized spacial score (nSPS) is 14.4. The zero-order valence-electron chi connectivity index (χ0n) is 11.3. The van der Waals surface area contributed by atoms with Crippen molar-refractivity contribution < 1.29 is 4.21 Å². The zero-order valence-corrected chi connectivity index (χ0v) is 12.1. The highest BCUT2D eigenvalue weighted by Gasteiger charge is 2.04. The van der Waals surface area contributed by atoms with Crippen LogP contribution in [0, 0.1) is 0 Å². The molecule has 1 heterocycles. The van der Waals surface area contributed by atoms with Crippen molar-refractivity contribution >= 4 is 21.8 Å². The van der Waals surface area contributed by atoms with Crippen molar-refractivity contribution in [2.75, 3.05) is 12.0 Å². The maximum atomic E-state index is 11.0. The molecule has 0 aliphatic rings. The topological polar surface area (TPSA) is 54.9 Å². The predicted molar refractivity (Wildman–Crippen MR) is 79.4 cm³/mol. The van der Waals surface area contributed by atoms with Gasteiger partial charge in [0.15, 0.2) is 0 Å². The van der Waals surface area contributed by atoms with Gasteiger partial charge in [0.1, 0.15) is 0 Å². The standard InChI is InChI=1S/C14H19N3OS/c1-11(7-8-19(2)18)15-9-12-10-16-13-5-3-4-6-14(13)17-12/h3-6,10-11,15H,7-9H2,1-2H3. The highest BCUT2D eigenvalue weighted by atomic mass is 32.2. The van der Waals surface area contributed by atoms with E-state index in [1.165, 1.54) is 0 Å². The molecule has 4 nitrogen and oxygen atoms in total. The Labute approximate surface area is 116 Å². The lowest BCUT2D eigenvalue weighted by atomic mass is 10.2. The number of rotatable bonds is 6. The van der Waals surface area contributed by atoms with Gasteiger partial charge in [-0.2, -0.15) is 0 Å². The number of hydrogen-bond donors (Lipinski definition) is 1. The highest BCUT2D eigenvalue weighted by Crippen LogP contribution is 2.08. The fraction of sp³-hybridized carbons (Fsp3) is 0.429. The average Bonchev–Trinajstić information content (AvgIpc) is 2.42. The summed E-state index contributed by atoms with van der Waals surface area (Å²) in [6, 6.07) is 8.18. The maximum Gasteiger partial charge on any atom is 0.0890 e. The van der Waals surface area contributed by atoms with Gasteiger partial charge in [-0.15, -0.1) is 0 Å². The lowest BCUT2D eigenvalue weighted by Crippen LogP contribution is -2.27. The van der Waals surface area contributed by atoms with Crippen LogP contribution in [0.4, 0.5) is 0 Å².